The third-order valence-electron chi connectivity index (χ3n) is 2.96. The van der Waals surface area contributed by atoms with Gasteiger partial charge >= 0.3 is 0 Å². The van der Waals surface area contributed by atoms with E-state index in [2.05, 4.69) is 5.32 Å². The molecule has 1 N–H and O–H groups in total. The SMILES string of the molecule is CCNC(c1ccc(Cl)cc1)c1cc(F)c(F)cc1Cl. The number of hydrogen-bond donors (Lipinski definition) is 1. The molecule has 20 heavy (non-hydrogen) atoms. The van der Waals surface area contributed by atoms with Crippen LogP contribution < -0.4 is 5.32 Å². The second-order valence-corrected chi connectivity index (χ2v) is 5.17. The number of hydrogen-bond acceptors (Lipinski definition) is 1. The van der Waals surface area contributed by atoms with E-state index in [1.165, 1.54) is 0 Å². The molecule has 0 aromatic heterocycles. The molecule has 1 unspecified atom stereocenters. The Morgan fingerprint density at radius 2 is 1.65 bits per heavy atom. The fraction of sp³-hybridized carbons (Fsp3) is 0.200. The van der Waals surface area contributed by atoms with Gasteiger partial charge in [-0.05, 0) is 41.9 Å². The average molecular weight is 316 g/mol. The molecule has 0 aliphatic rings. The van der Waals surface area contributed by atoms with Gasteiger partial charge in [0, 0.05) is 10.0 Å². The van der Waals surface area contributed by atoms with E-state index in [1.54, 1.807) is 12.1 Å². The first kappa shape index (κ1) is 15.2. The average Bonchev–Trinajstić information content (AvgIpc) is 2.42. The minimum absolute atomic E-state index is 0.185. The molecule has 1 atom stereocenters. The van der Waals surface area contributed by atoms with Crippen LogP contribution in [-0.2, 0) is 0 Å². The Morgan fingerprint density at radius 3 is 2.25 bits per heavy atom. The van der Waals surface area contributed by atoms with E-state index in [0.29, 0.717) is 17.1 Å². The predicted octanol–water partition coefficient (Wildman–Crippen LogP) is 4.97. The van der Waals surface area contributed by atoms with Gasteiger partial charge in [0.05, 0.1) is 6.04 Å². The first-order valence-electron chi connectivity index (χ1n) is 6.16. The van der Waals surface area contributed by atoms with Gasteiger partial charge in [-0.3, -0.25) is 0 Å². The van der Waals surface area contributed by atoms with Crippen molar-refractivity contribution in [3.63, 3.8) is 0 Å². The van der Waals surface area contributed by atoms with Crippen LogP contribution in [-0.4, -0.2) is 6.54 Å². The van der Waals surface area contributed by atoms with Crippen LogP contribution in [0.25, 0.3) is 0 Å². The van der Waals surface area contributed by atoms with Gasteiger partial charge in [0.15, 0.2) is 11.6 Å². The molecule has 0 saturated carbocycles. The molecule has 0 radical (unpaired) electrons. The highest BCUT2D eigenvalue weighted by molar-refractivity contribution is 6.31. The van der Waals surface area contributed by atoms with Gasteiger partial charge < -0.3 is 5.32 Å². The first-order chi connectivity index (χ1) is 9.52. The molecule has 2 aromatic carbocycles. The topological polar surface area (TPSA) is 12.0 Å². The summed E-state index contributed by atoms with van der Waals surface area (Å²) in [4.78, 5) is 0. The van der Waals surface area contributed by atoms with Crippen molar-refractivity contribution in [1.82, 2.24) is 5.32 Å². The van der Waals surface area contributed by atoms with Gasteiger partial charge in [0.1, 0.15) is 0 Å². The molecule has 0 bridgehead atoms. The van der Waals surface area contributed by atoms with Crippen molar-refractivity contribution < 1.29 is 8.78 Å². The minimum Gasteiger partial charge on any atom is -0.306 e. The van der Waals surface area contributed by atoms with E-state index >= 15 is 0 Å². The van der Waals surface area contributed by atoms with E-state index in [4.69, 9.17) is 23.2 Å². The molecule has 0 fully saturated rings. The molecule has 0 amide bonds. The van der Waals surface area contributed by atoms with Crippen LogP contribution in [0.2, 0.25) is 10.0 Å². The summed E-state index contributed by atoms with van der Waals surface area (Å²) in [7, 11) is 0. The van der Waals surface area contributed by atoms with Crippen molar-refractivity contribution in [2.24, 2.45) is 0 Å². The third kappa shape index (κ3) is 3.29. The molecule has 2 rings (SSSR count). The van der Waals surface area contributed by atoms with E-state index in [9.17, 15) is 8.78 Å². The molecule has 0 heterocycles. The molecular formula is C15H13Cl2F2N. The van der Waals surface area contributed by atoms with E-state index < -0.39 is 11.6 Å². The summed E-state index contributed by atoms with van der Waals surface area (Å²) >= 11 is 11.9. The Hall–Kier alpha value is -1.16. The largest absolute Gasteiger partial charge is 0.306 e. The summed E-state index contributed by atoms with van der Waals surface area (Å²) in [5.41, 5.74) is 1.37. The number of nitrogens with one attached hydrogen (secondary N) is 1. The van der Waals surface area contributed by atoms with Crippen molar-refractivity contribution in [2.75, 3.05) is 6.54 Å². The summed E-state index contributed by atoms with van der Waals surface area (Å²) in [5.74, 6) is -1.87. The van der Waals surface area contributed by atoms with Crippen LogP contribution >= 0.6 is 23.2 Å². The number of halogens is 4. The first-order valence-corrected chi connectivity index (χ1v) is 6.91. The highest BCUT2D eigenvalue weighted by Crippen LogP contribution is 2.30. The molecule has 0 saturated heterocycles. The summed E-state index contributed by atoms with van der Waals surface area (Å²) in [5, 5.41) is 4.00. The van der Waals surface area contributed by atoms with Crippen LogP contribution in [0.5, 0.6) is 0 Å². The lowest BCUT2D eigenvalue weighted by Gasteiger charge is -2.20. The van der Waals surface area contributed by atoms with Gasteiger partial charge in [-0.25, -0.2) is 8.78 Å². The highest BCUT2D eigenvalue weighted by Gasteiger charge is 2.18. The van der Waals surface area contributed by atoms with Crippen molar-refractivity contribution in [2.45, 2.75) is 13.0 Å². The maximum atomic E-state index is 13.5. The fourth-order valence-electron chi connectivity index (χ4n) is 2.03. The maximum Gasteiger partial charge on any atom is 0.160 e. The van der Waals surface area contributed by atoms with E-state index in [-0.39, 0.29) is 11.1 Å². The molecule has 2 aromatic rings. The summed E-state index contributed by atoms with van der Waals surface area (Å²) in [6.07, 6.45) is 0. The van der Waals surface area contributed by atoms with Gasteiger partial charge in [-0.1, -0.05) is 42.3 Å². The van der Waals surface area contributed by atoms with Crippen LogP contribution in [0.4, 0.5) is 8.78 Å². The molecule has 106 valence electrons. The molecular weight excluding hydrogens is 303 g/mol. The quantitative estimate of drug-likeness (QED) is 0.785. The Bertz CT molecular complexity index is 600. The van der Waals surface area contributed by atoms with E-state index in [1.807, 2.05) is 19.1 Å². The van der Waals surface area contributed by atoms with Crippen LogP contribution in [0, 0.1) is 11.6 Å². The third-order valence-corrected chi connectivity index (χ3v) is 3.54. The molecule has 0 aliphatic carbocycles. The van der Waals surface area contributed by atoms with Gasteiger partial charge in [0.25, 0.3) is 0 Å². The molecule has 1 nitrogen and oxygen atoms in total. The number of benzene rings is 2. The Balaban J connectivity index is 2.48. The van der Waals surface area contributed by atoms with Crippen molar-refractivity contribution in [1.29, 1.82) is 0 Å². The lowest BCUT2D eigenvalue weighted by atomic mass is 9.98. The van der Waals surface area contributed by atoms with Gasteiger partial charge in [0.2, 0.25) is 0 Å². The Morgan fingerprint density at radius 1 is 1.05 bits per heavy atom. The molecule has 0 aliphatic heterocycles. The lowest BCUT2D eigenvalue weighted by Crippen LogP contribution is -2.22. The van der Waals surface area contributed by atoms with E-state index in [0.717, 1.165) is 17.7 Å². The Kier molecular flexibility index (Phi) is 4.97. The Labute approximate surface area is 126 Å². The zero-order valence-electron chi connectivity index (χ0n) is 10.8. The summed E-state index contributed by atoms with van der Waals surface area (Å²) < 4.78 is 26.6. The maximum absolute atomic E-state index is 13.5. The highest BCUT2D eigenvalue weighted by atomic mass is 35.5. The van der Waals surface area contributed by atoms with Crippen LogP contribution in [0.1, 0.15) is 24.1 Å². The van der Waals surface area contributed by atoms with Gasteiger partial charge in [-0.15, -0.1) is 0 Å². The standard InChI is InChI=1S/C15H13Cl2F2N/c1-2-20-15(9-3-5-10(16)6-4-9)11-7-13(18)14(19)8-12(11)17/h3-8,15,20H,2H2,1H3. The second kappa shape index (κ2) is 6.53. The monoisotopic (exact) mass is 315 g/mol. The summed E-state index contributed by atoms with van der Waals surface area (Å²) in [6.45, 7) is 2.58. The van der Waals surface area contributed by atoms with Crippen molar-refractivity contribution in [3.8, 4) is 0 Å². The zero-order valence-corrected chi connectivity index (χ0v) is 12.3. The second-order valence-electron chi connectivity index (χ2n) is 4.33. The lowest BCUT2D eigenvalue weighted by molar-refractivity contribution is 0.504. The molecule has 0 spiro atoms. The fourth-order valence-corrected chi connectivity index (χ4v) is 2.41. The minimum atomic E-state index is -0.954. The normalized spacial score (nSPS) is 12.4. The van der Waals surface area contributed by atoms with Crippen LogP contribution in [0.3, 0.4) is 0 Å². The summed E-state index contributed by atoms with van der Waals surface area (Å²) in [6, 6.07) is 8.94. The van der Waals surface area contributed by atoms with Crippen LogP contribution in [0.15, 0.2) is 36.4 Å². The smallest absolute Gasteiger partial charge is 0.160 e. The van der Waals surface area contributed by atoms with Gasteiger partial charge in [-0.2, -0.15) is 0 Å². The predicted molar refractivity (Wildman–Crippen MR) is 78.3 cm³/mol. The number of rotatable bonds is 4. The zero-order chi connectivity index (χ0) is 14.7. The molecule has 5 heteroatoms. The van der Waals surface area contributed by atoms with Crippen molar-refractivity contribution in [3.05, 3.63) is 69.2 Å². The van der Waals surface area contributed by atoms with Crippen molar-refractivity contribution >= 4 is 23.2 Å².